The van der Waals surface area contributed by atoms with Crippen molar-refractivity contribution in [2.24, 2.45) is 0 Å². The Morgan fingerprint density at radius 2 is 1.50 bits per heavy atom. The lowest BCUT2D eigenvalue weighted by atomic mass is 9.76. The van der Waals surface area contributed by atoms with E-state index in [4.69, 9.17) is 9.47 Å². The summed E-state index contributed by atoms with van der Waals surface area (Å²) in [6, 6.07) is 34.9. The molecule has 0 bridgehead atoms. The monoisotopic (exact) mass is 495 g/mol. The lowest BCUT2D eigenvalue weighted by Crippen LogP contribution is -2.33. The zero-order valence-electron chi connectivity index (χ0n) is 21.2. The normalized spacial score (nSPS) is 19.9. The fraction of sp³-hybridized carbons (Fsp3) is 0.147. The van der Waals surface area contributed by atoms with Crippen LogP contribution in [0.2, 0.25) is 0 Å². The van der Waals surface area contributed by atoms with Gasteiger partial charge in [0.05, 0.1) is 11.1 Å². The lowest BCUT2D eigenvalue weighted by molar-refractivity contribution is 0.0229. The topological polar surface area (TPSA) is 38.8 Å². The van der Waals surface area contributed by atoms with Gasteiger partial charge in [0.25, 0.3) is 0 Å². The Hall–Kier alpha value is -4.57. The number of esters is 1. The van der Waals surface area contributed by atoms with Crippen LogP contribution in [0.25, 0.3) is 10.8 Å². The summed E-state index contributed by atoms with van der Waals surface area (Å²) in [7, 11) is 0. The summed E-state index contributed by atoms with van der Waals surface area (Å²) in [6.45, 7) is 5.44. The molecule has 0 fully saturated rings. The van der Waals surface area contributed by atoms with Gasteiger partial charge in [-0.25, -0.2) is 4.79 Å². The number of benzene rings is 5. The van der Waals surface area contributed by atoms with Crippen LogP contribution in [0.5, 0.6) is 11.5 Å². The summed E-state index contributed by atoms with van der Waals surface area (Å²) in [5.74, 6) is 1.10. The van der Waals surface area contributed by atoms with Gasteiger partial charge in [0.15, 0.2) is 5.60 Å². The second-order valence-electron chi connectivity index (χ2n) is 11.0. The molecule has 0 saturated carbocycles. The number of anilines is 2. The molecular weight excluding hydrogens is 470 g/mol. The van der Waals surface area contributed by atoms with Crippen LogP contribution in [-0.2, 0) is 15.8 Å². The molecule has 1 spiro atoms. The number of hydrogen-bond donors (Lipinski definition) is 0. The number of ether oxygens (including phenoxy) is 2. The Kier molecular flexibility index (Phi) is 4.11. The van der Waals surface area contributed by atoms with Crippen molar-refractivity contribution in [3.63, 3.8) is 0 Å². The highest BCUT2D eigenvalue weighted by molar-refractivity contribution is 6.00. The number of carbonyl (C=O) groups excluding carboxylic acids is 1. The molecule has 0 saturated heterocycles. The van der Waals surface area contributed by atoms with Crippen molar-refractivity contribution in [1.82, 2.24) is 0 Å². The summed E-state index contributed by atoms with van der Waals surface area (Å²) in [5.41, 5.74) is 5.72. The number of carbonyl (C=O) groups is 1. The minimum Gasteiger partial charge on any atom is -0.456 e. The van der Waals surface area contributed by atoms with E-state index in [0.29, 0.717) is 17.1 Å². The molecule has 3 aliphatic rings. The van der Waals surface area contributed by atoms with E-state index >= 15 is 0 Å². The van der Waals surface area contributed by atoms with Gasteiger partial charge >= 0.3 is 5.97 Å². The van der Waals surface area contributed by atoms with Crippen molar-refractivity contribution in [3.8, 4) is 11.5 Å². The van der Waals surface area contributed by atoms with Gasteiger partial charge in [0.2, 0.25) is 0 Å². The van der Waals surface area contributed by atoms with E-state index in [9.17, 15) is 4.79 Å². The molecule has 3 heterocycles. The molecule has 5 aromatic rings. The zero-order chi connectivity index (χ0) is 25.6. The van der Waals surface area contributed by atoms with Gasteiger partial charge in [-0.1, -0.05) is 80.6 Å². The van der Waals surface area contributed by atoms with Crippen LogP contribution in [0.1, 0.15) is 46.5 Å². The van der Waals surface area contributed by atoms with Crippen molar-refractivity contribution in [3.05, 3.63) is 131 Å². The highest BCUT2D eigenvalue weighted by Crippen LogP contribution is 2.58. The van der Waals surface area contributed by atoms with E-state index in [0.717, 1.165) is 39.7 Å². The Morgan fingerprint density at radius 3 is 2.39 bits per heavy atom. The molecule has 0 aliphatic carbocycles. The van der Waals surface area contributed by atoms with Gasteiger partial charge in [-0.3, -0.25) is 0 Å². The van der Waals surface area contributed by atoms with Gasteiger partial charge in [-0.2, -0.15) is 0 Å². The Labute approximate surface area is 221 Å². The van der Waals surface area contributed by atoms with Crippen LogP contribution in [0.4, 0.5) is 11.4 Å². The van der Waals surface area contributed by atoms with Crippen LogP contribution in [0.15, 0.2) is 103 Å². The number of hydrogen-bond acceptors (Lipinski definition) is 4. The van der Waals surface area contributed by atoms with Crippen LogP contribution in [-0.4, -0.2) is 12.5 Å². The van der Waals surface area contributed by atoms with Gasteiger partial charge in [0, 0.05) is 40.5 Å². The Balaban J connectivity index is 1.39. The van der Waals surface area contributed by atoms with Crippen molar-refractivity contribution in [1.29, 1.82) is 0 Å². The first-order chi connectivity index (χ1) is 18.5. The van der Waals surface area contributed by atoms with Gasteiger partial charge in [-0.15, -0.1) is 0 Å². The Morgan fingerprint density at radius 1 is 0.737 bits per heavy atom. The molecule has 0 aromatic heterocycles. The third-order valence-electron chi connectivity index (χ3n) is 8.37. The van der Waals surface area contributed by atoms with Crippen molar-refractivity contribution in [2.75, 3.05) is 11.4 Å². The molecular formula is C34H25NO3. The maximum Gasteiger partial charge on any atom is 0.340 e. The maximum absolute atomic E-state index is 13.3. The number of fused-ring (bicyclic) bond motifs is 9. The third-order valence-corrected chi connectivity index (χ3v) is 8.37. The average molecular weight is 496 g/mol. The highest BCUT2D eigenvalue weighted by Gasteiger charge is 2.54. The van der Waals surface area contributed by atoms with Crippen LogP contribution < -0.4 is 9.64 Å². The first kappa shape index (κ1) is 21.5. The summed E-state index contributed by atoms with van der Waals surface area (Å²) in [5, 5.41) is 2.09. The molecule has 0 amide bonds. The molecule has 38 heavy (non-hydrogen) atoms. The number of nitrogens with zero attached hydrogens (tertiary/aromatic N) is 1. The summed E-state index contributed by atoms with van der Waals surface area (Å²) in [6.07, 6.45) is 0. The van der Waals surface area contributed by atoms with E-state index in [1.54, 1.807) is 0 Å². The van der Waals surface area contributed by atoms with Gasteiger partial charge in [-0.05, 0) is 46.7 Å². The minimum atomic E-state index is -1.09. The SMILES string of the molecule is CC1(C)CN(c2ccc3c(c2)Oc2ccc4ccccc4c2C32OC(=O)c3ccccc32)c2ccccc21. The van der Waals surface area contributed by atoms with Gasteiger partial charge in [0.1, 0.15) is 11.5 Å². The second-order valence-corrected chi connectivity index (χ2v) is 11.0. The molecule has 5 aromatic carbocycles. The number of rotatable bonds is 1. The summed E-state index contributed by atoms with van der Waals surface area (Å²) in [4.78, 5) is 15.7. The molecule has 1 atom stereocenters. The van der Waals surface area contributed by atoms with Crippen molar-refractivity contribution >= 4 is 28.1 Å². The molecule has 3 aliphatic heterocycles. The number of para-hydroxylation sites is 1. The maximum atomic E-state index is 13.3. The predicted molar refractivity (Wildman–Crippen MR) is 149 cm³/mol. The summed E-state index contributed by atoms with van der Waals surface area (Å²) < 4.78 is 13.1. The smallest absolute Gasteiger partial charge is 0.340 e. The van der Waals surface area contributed by atoms with Crippen molar-refractivity contribution < 1.29 is 14.3 Å². The standard InChI is InChI=1S/C34H25NO3/c1-33(2)20-35(28-14-8-7-13-26(28)33)22-16-17-27-30(19-22)37-29-18-15-21-9-3-4-10-23(21)31(29)34(27)25-12-6-5-11-24(25)32(36)38-34/h3-19H,20H2,1-2H3. The minimum absolute atomic E-state index is 0.0278. The fourth-order valence-corrected chi connectivity index (χ4v) is 6.69. The first-order valence-electron chi connectivity index (χ1n) is 13.0. The highest BCUT2D eigenvalue weighted by atomic mass is 16.6. The fourth-order valence-electron chi connectivity index (χ4n) is 6.69. The van der Waals surface area contributed by atoms with Gasteiger partial charge < -0.3 is 14.4 Å². The zero-order valence-corrected chi connectivity index (χ0v) is 21.2. The molecule has 184 valence electrons. The van der Waals surface area contributed by atoms with E-state index < -0.39 is 5.60 Å². The lowest BCUT2D eigenvalue weighted by Gasteiger charge is -2.38. The molecule has 1 unspecified atom stereocenters. The van der Waals surface area contributed by atoms with Crippen molar-refractivity contribution in [2.45, 2.75) is 24.9 Å². The van der Waals surface area contributed by atoms with E-state index in [-0.39, 0.29) is 11.4 Å². The largest absolute Gasteiger partial charge is 0.456 e. The molecule has 0 N–H and O–H groups in total. The summed E-state index contributed by atoms with van der Waals surface area (Å²) >= 11 is 0. The molecule has 0 radical (unpaired) electrons. The average Bonchev–Trinajstić information content (AvgIpc) is 3.39. The molecule has 4 heteroatoms. The second kappa shape index (κ2) is 7.26. The van der Waals surface area contributed by atoms with E-state index in [1.807, 2.05) is 42.5 Å². The van der Waals surface area contributed by atoms with Crippen LogP contribution >= 0.6 is 0 Å². The quantitative estimate of drug-likeness (QED) is 0.222. The third kappa shape index (κ3) is 2.67. The predicted octanol–water partition coefficient (Wildman–Crippen LogP) is 7.84. The van der Waals surface area contributed by atoms with Crippen LogP contribution in [0.3, 0.4) is 0 Å². The molecule has 8 rings (SSSR count). The Bertz CT molecular complexity index is 1820. The van der Waals surface area contributed by atoms with E-state index in [1.165, 1.54) is 11.3 Å². The first-order valence-corrected chi connectivity index (χ1v) is 13.0. The van der Waals surface area contributed by atoms with Crippen LogP contribution in [0, 0.1) is 0 Å². The molecule has 4 nitrogen and oxygen atoms in total. The van der Waals surface area contributed by atoms with E-state index in [2.05, 4.69) is 79.4 Å².